The van der Waals surface area contributed by atoms with E-state index in [0.717, 1.165) is 4.80 Å². The fourth-order valence-corrected chi connectivity index (χ4v) is 0.475. The third-order valence-corrected chi connectivity index (χ3v) is 0.833. The van der Waals surface area contributed by atoms with Crippen LogP contribution in [0.1, 0.15) is 6.92 Å². The number of carbonyl (C=O) groups is 1. The summed E-state index contributed by atoms with van der Waals surface area (Å²) in [7, 11) is 0. The molecule has 7 nitrogen and oxygen atoms in total. The van der Waals surface area contributed by atoms with Crippen molar-refractivity contribution >= 4 is 5.97 Å². The number of aromatic nitrogens is 4. The smallest absolute Gasteiger partial charge is 0.363 e. The van der Waals surface area contributed by atoms with E-state index in [-0.39, 0.29) is 12.7 Å². The Morgan fingerprint density at radius 3 is 3.00 bits per heavy atom. The molecule has 1 aromatic heterocycles. The molecule has 0 aliphatic carbocycles. The van der Waals surface area contributed by atoms with E-state index in [9.17, 15) is 4.79 Å². The topological polar surface area (TPSA) is 95.9 Å². The molecule has 0 spiro atoms. The lowest BCUT2D eigenvalue weighted by molar-refractivity contribution is -0.132. The molecule has 0 saturated carbocycles. The predicted molar refractivity (Wildman–Crippen MR) is 33.3 cm³/mol. The van der Waals surface area contributed by atoms with Crippen molar-refractivity contribution in [2.75, 3.05) is 0 Å². The zero-order valence-corrected chi connectivity index (χ0v) is 5.89. The van der Waals surface area contributed by atoms with Crippen molar-refractivity contribution in [1.29, 1.82) is 0 Å². The zero-order valence-electron chi connectivity index (χ0n) is 5.89. The van der Waals surface area contributed by atoms with Crippen LogP contribution in [0.3, 0.4) is 0 Å². The molecule has 0 aromatic carbocycles. The Morgan fingerprint density at radius 2 is 2.55 bits per heavy atom. The number of hydrogen-bond acceptors (Lipinski definition) is 6. The highest BCUT2D eigenvalue weighted by Gasteiger charge is 2.03. The van der Waals surface area contributed by atoms with E-state index in [1.54, 1.807) is 0 Å². The summed E-state index contributed by atoms with van der Waals surface area (Å²) in [5.41, 5.74) is 5.15. The van der Waals surface area contributed by atoms with Gasteiger partial charge in [0, 0.05) is 6.92 Å². The summed E-state index contributed by atoms with van der Waals surface area (Å²) in [6.45, 7) is 1.36. The summed E-state index contributed by atoms with van der Waals surface area (Å²) in [4.78, 5) is 11.4. The first-order valence-corrected chi connectivity index (χ1v) is 2.88. The molecule has 0 saturated heterocycles. The van der Waals surface area contributed by atoms with Gasteiger partial charge >= 0.3 is 12.0 Å². The van der Waals surface area contributed by atoms with Crippen LogP contribution in [0.15, 0.2) is 0 Å². The van der Waals surface area contributed by atoms with Crippen LogP contribution in [-0.4, -0.2) is 26.2 Å². The Bertz CT molecular complexity index is 257. The Kier molecular flexibility index (Phi) is 2.12. The molecule has 1 heterocycles. The second-order valence-corrected chi connectivity index (χ2v) is 1.72. The number of esters is 1. The normalized spacial score (nSPS) is 9.64. The maximum Gasteiger partial charge on any atom is 0.363 e. The van der Waals surface area contributed by atoms with Gasteiger partial charge in [0.2, 0.25) is 0 Å². The maximum absolute atomic E-state index is 10.3. The molecule has 0 fully saturated rings. The molecule has 0 aliphatic rings. The highest BCUT2D eigenvalue weighted by atomic mass is 16.6. The summed E-state index contributed by atoms with van der Waals surface area (Å²) in [5.74, 6) is -0.485. The molecule has 0 bridgehead atoms. The first-order valence-electron chi connectivity index (χ1n) is 2.88. The van der Waals surface area contributed by atoms with Crippen molar-refractivity contribution in [1.82, 2.24) is 20.2 Å². The standard InChI is InChI=1S/C4H7N5O2/c1-3(10)11-4-6-8-9(2-5)7-4/h2,5H2,1H3. The number of carbonyl (C=O) groups excluding carboxylic acids is 1. The van der Waals surface area contributed by atoms with Crippen LogP contribution in [0.25, 0.3) is 0 Å². The van der Waals surface area contributed by atoms with Crippen molar-refractivity contribution in [3.8, 4) is 6.01 Å². The summed E-state index contributed by atoms with van der Waals surface area (Å²) in [6.07, 6.45) is 0. The maximum atomic E-state index is 10.3. The molecule has 2 N–H and O–H groups in total. The molecule has 11 heavy (non-hydrogen) atoms. The monoisotopic (exact) mass is 157 g/mol. The highest BCUT2D eigenvalue weighted by Crippen LogP contribution is 1.95. The van der Waals surface area contributed by atoms with Gasteiger partial charge in [0.25, 0.3) is 0 Å². The Hall–Kier alpha value is -1.50. The second-order valence-electron chi connectivity index (χ2n) is 1.72. The third-order valence-electron chi connectivity index (χ3n) is 0.833. The van der Waals surface area contributed by atoms with Gasteiger partial charge in [0.05, 0.1) is 0 Å². The van der Waals surface area contributed by atoms with Crippen LogP contribution in [-0.2, 0) is 11.5 Å². The molecule has 0 unspecified atom stereocenters. The first kappa shape index (κ1) is 7.61. The van der Waals surface area contributed by atoms with Crippen molar-refractivity contribution in [3.63, 3.8) is 0 Å². The van der Waals surface area contributed by atoms with Gasteiger partial charge in [-0.05, 0) is 5.21 Å². The van der Waals surface area contributed by atoms with Crippen LogP contribution < -0.4 is 10.5 Å². The fourth-order valence-electron chi connectivity index (χ4n) is 0.475. The quantitative estimate of drug-likeness (QED) is 0.525. The minimum atomic E-state index is -0.485. The molecule has 7 heteroatoms. The van der Waals surface area contributed by atoms with E-state index in [0.29, 0.717) is 0 Å². The van der Waals surface area contributed by atoms with E-state index in [4.69, 9.17) is 5.73 Å². The number of tetrazole rings is 1. The van der Waals surface area contributed by atoms with Gasteiger partial charge in [-0.15, -0.1) is 4.80 Å². The second kappa shape index (κ2) is 3.06. The van der Waals surface area contributed by atoms with Crippen LogP contribution in [0.4, 0.5) is 0 Å². The molecule has 60 valence electrons. The first-order chi connectivity index (χ1) is 5.22. The lowest BCUT2D eigenvalue weighted by Gasteiger charge is -1.89. The van der Waals surface area contributed by atoms with Crippen molar-refractivity contribution < 1.29 is 9.53 Å². The molecule has 0 atom stereocenters. The minimum Gasteiger partial charge on any atom is -0.389 e. The van der Waals surface area contributed by atoms with Gasteiger partial charge in [-0.2, -0.15) is 0 Å². The average molecular weight is 157 g/mol. The van der Waals surface area contributed by atoms with Crippen LogP contribution in [0.2, 0.25) is 0 Å². The molecule has 0 aliphatic heterocycles. The molecule has 0 radical (unpaired) electrons. The van der Waals surface area contributed by atoms with Crippen LogP contribution in [0.5, 0.6) is 6.01 Å². The van der Waals surface area contributed by atoms with Crippen molar-refractivity contribution in [3.05, 3.63) is 0 Å². The number of ether oxygens (including phenoxy) is 1. The number of nitrogens with two attached hydrogens (primary N) is 1. The lowest BCUT2D eigenvalue weighted by Crippen LogP contribution is -2.10. The Balaban J connectivity index is 2.65. The van der Waals surface area contributed by atoms with E-state index >= 15 is 0 Å². The summed E-state index contributed by atoms with van der Waals surface area (Å²) >= 11 is 0. The van der Waals surface area contributed by atoms with Gasteiger partial charge in [-0.25, -0.2) is 0 Å². The van der Waals surface area contributed by atoms with Gasteiger partial charge in [-0.1, -0.05) is 10.2 Å². The zero-order chi connectivity index (χ0) is 8.27. The summed E-state index contributed by atoms with van der Waals surface area (Å²) in [5, 5.41) is 10.4. The van der Waals surface area contributed by atoms with E-state index < -0.39 is 5.97 Å². The molecule has 1 rings (SSSR count). The van der Waals surface area contributed by atoms with E-state index in [1.807, 2.05) is 0 Å². The van der Waals surface area contributed by atoms with Crippen LogP contribution >= 0.6 is 0 Å². The Morgan fingerprint density at radius 1 is 1.82 bits per heavy atom. The SMILES string of the molecule is CC(=O)Oc1nnn(CN)n1. The molecular weight excluding hydrogens is 150 g/mol. The largest absolute Gasteiger partial charge is 0.389 e. The molecule has 1 aromatic rings. The Labute approximate surface area is 62.1 Å². The fraction of sp³-hybridized carbons (Fsp3) is 0.500. The van der Waals surface area contributed by atoms with Crippen molar-refractivity contribution in [2.24, 2.45) is 5.73 Å². The summed E-state index contributed by atoms with van der Waals surface area (Å²) in [6, 6.07) is -0.0806. The van der Waals surface area contributed by atoms with Gasteiger partial charge < -0.3 is 10.5 Å². The van der Waals surface area contributed by atoms with E-state index in [2.05, 4.69) is 20.1 Å². The predicted octanol–water partition coefficient (Wildman–Crippen LogP) is -1.49. The summed E-state index contributed by atoms with van der Waals surface area (Å²) < 4.78 is 4.50. The minimum absolute atomic E-state index is 0.0806. The number of rotatable bonds is 2. The molecule has 0 amide bonds. The van der Waals surface area contributed by atoms with E-state index in [1.165, 1.54) is 6.92 Å². The highest BCUT2D eigenvalue weighted by molar-refractivity contribution is 5.68. The third kappa shape index (κ3) is 1.97. The lowest BCUT2D eigenvalue weighted by atomic mass is 10.8. The molecular formula is C4H7N5O2. The van der Waals surface area contributed by atoms with Crippen molar-refractivity contribution in [2.45, 2.75) is 13.6 Å². The van der Waals surface area contributed by atoms with Gasteiger partial charge in [0.1, 0.15) is 6.67 Å². The van der Waals surface area contributed by atoms with Crippen LogP contribution in [0, 0.1) is 0 Å². The average Bonchev–Trinajstić information content (AvgIpc) is 2.34. The number of hydrogen-bond donors (Lipinski definition) is 1. The van der Waals surface area contributed by atoms with Gasteiger partial charge in [0.15, 0.2) is 0 Å². The number of nitrogens with zero attached hydrogens (tertiary/aromatic N) is 4. The van der Waals surface area contributed by atoms with Gasteiger partial charge in [-0.3, -0.25) is 4.79 Å².